The molecule has 94 valence electrons. The molecule has 0 unspecified atom stereocenters. The monoisotopic (exact) mass is 231 g/mol. The molecule has 2 rings (SSSR count). The van der Waals surface area contributed by atoms with E-state index in [0.717, 1.165) is 17.5 Å². The zero-order chi connectivity index (χ0) is 12.3. The van der Waals surface area contributed by atoms with Crippen molar-refractivity contribution in [2.24, 2.45) is 5.92 Å². The summed E-state index contributed by atoms with van der Waals surface area (Å²) in [7, 11) is 0. The first kappa shape index (κ1) is 12.5. The minimum atomic E-state index is 0.780. The molecule has 0 atom stereocenters. The molecular weight excluding hydrogens is 206 g/mol. The quantitative estimate of drug-likeness (QED) is 0.753. The van der Waals surface area contributed by atoms with Gasteiger partial charge in [0.2, 0.25) is 0 Å². The fourth-order valence-electron chi connectivity index (χ4n) is 3.15. The Bertz CT molecular complexity index is 362. The highest BCUT2D eigenvalue weighted by atomic mass is 14.5. The molecule has 1 fully saturated rings. The molecule has 0 amide bonds. The van der Waals surface area contributed by atoms with Crippen LogP contribution in [0, 0.1) is 12.8 Å². The van der Waals surface area contributed by atoms with Crippen LogP contribution < -0.4 is 5.73 Å². The standard InChI is InChI=1S/C16H25N/c1-3-4-13-5-7-14(8-6-13)15-9-10-16(17)12(2)11-15/h9-11,13-14H,3-8,17H2,1-2H3. The van der Waals surface area contributed by atoms with Crippen LogP contribution in [0.1, 0.15) is 62.5 Å². The summed E-state index contributed by atoms with van der Waals surface area (Å²) in [6, 6.07) is 6.59. The first-order valence-electron chi connectivity index (χ1n) is 7.06. The average molecular weight is 231 g/mol. The number of hydrogen-bond acceptors (Lipinski definition) is 1. The lowest BCUT2D eigenvalue weighted by Gasteiger charge is -2.29. The number of nitrogen functional groups attached to an aromatic ring is 1. The minimum absolute atomic E-state index is 0.780. The molecule has 1 saturated carbocycles. The molecule has 0 aromatic heterocycles. The van der Waals surface area contributed by atoms with Crippen molar-refractivity contribution < 1.29 is 0 Å². The van der Waals surface area contributed by atoms with Crippen molar-refractivity contribution >= 4 is 5.69 Å². The van der Waals surface area contributed by atoms with Crippen LogP contribution in [0.5, 0.6) is 0 Å². The summed E-state index contributed by atoms with van der Waals surface area (Å²) in [5, 5.41) is 0. The lowest BCUT2D eigenvalue weighted by Crippen LogP contribution is -2.13. The van der Waals surface area contributed by atoms with Crippen LogP contribution in [0.15, 0.2) is 18.2 Å². The van der Waals surface area contributed by atoms with Gasteiger partial charge in [0.1, 0.15) is 0 Å². The maximum atomic E-state index is 5.88. The van der Waals surface area contributed by atoms with Gasteiger partial charge in [0.25, 0.3) is 0 Å². The van der Waals surface area contributed by atoms with E-state index in [4.69, 9.17) is 5.73 Å². The summed E-state index contributed by atoms with van der Waals surface area (Å²) >= 11 is 0. The molecule has 1 aliphatic rings. The maximum absolute atomic E-state index is 5.88. The van der Waals surface area contributed by atoms with Gasteiger partial charge in [0, 0.05) is 5.69 Å². The van der Waals surface area contributed by atoms with Gasteiger partial charge in [-0.3, -0.25) is 0 Å². The molecule has 17 heavy (non-hydrogen) atoms. The summed E-state index contributed by atoms with van der Waals surface area (Å²) in [5.74, 6) is 1.77. The number of anilines is 1. The second kappa shape index (κ2) is 5.57. The molecule has 0 heterocycles. The number of benzene rings is 1. The third-order valence-electron chi connectivity index (χ3n) is 4.31. The predicted molar refractivity (Wildman–Crippen MR) is 75.2 cm³/mol. The van der Waals surface area contributed by atoms with E-state index >= 15 is 0 Å². The second-order valence-electron chi connectivity index (χ2n) is 5.62. The Morgan fingerprint density at radius 2 is 1.88 bits per heavy atom. The zero-order valence-electron chi connectivity index (χ0n) is 11.2. The Morgan fingerprint density at radius 1 is 1.18 bits per heavy atom. The highest BCUT2D eigenvalue weighted by Crippen LogP contribution is 2.38. The van der Waals surface area contributed by atoms with Crippen LogP contribution in [0.25, 0.3) is 0 Å². The van der Waals surface area contributed by atoms with Gasteiger partial charge in [-0.05, 0) is 61.6 Å². The molecule has 0 aliphatic heterocycles. The summed E-state index contributed by atoms with van der Waals surface area (Å²) in [4.78, 5) is 0. The molecule has 1 aromatic rings. The van der Waals surface area contributed by atoms with Gasteiger partial charge >= 0.3 is 0 Å². The van der Waals surface area contributed by atoms with Crippen LogP contribution in [0.2, 0.25) is 0 Å². The van der Waals surface area contributed by atoms with Crippen molar-refractivity contribution in [2.75, 3.05) is 5.73 Å². The van der Waals surface area contributed by atoms with Gasteiger partial charge in [-0.2, -0.15) is 0 Å². The number of rotatable bonds is 3. The van der Waals surface area contributed by atoms with Crippen molar-refractivity contribution in [1.29, 1.82) is 0 Å². The molecule has 0 saturated heterocycles. The van der Waals surface area contributed by atoms with Gasteiger partial charge in [0.15, 0.2) is 0 Å². The SMILES string of the molecule is CCCC1CCC(c2ccc(N)c(C)c2)CC1. The van der Waals surface area contributed by atoms with Gasteiger partial charge in [0.05, 0.1) is 0 Å². The number of hydrogen-bond donors (Lipinski definition) is 1. The first-order chi connectivity index (χ1) is 8.20. The highest BCUT2D eigenvalue weighted by molar-refractivity contribution is 5.48. The maximum Gasteiger partial charge on any atom is 0.0343 e. The summed E-state index contributed by atoms with van der Waals surface area (Å²) in [6.45, 7) is 4.41. The molecule has 1 heteroatoms. The van der Waals surface area contributed by atoms with E-state index < -0.39 is 0 Å². The third kappa shape index (κ3) is 3.02. The van der Waals surface area contributed by atoms with Crippen molar-refractivity contribution in [1.82, 2.24) is 0 Å². The van der Waals surface area contributed by atoms with E-state index in [0.29, 0.717) is 0 Å². The van der Waals surface area contributed by atoms with Gasteiger partial charge in [-0.1, -0.05) is 31.9 Å². The fraction of sp³-hybridized carbons (Fsp3) is 0.625. The van der Waals surface area contributed by atoms with Crippen LogP contribution in [-0.2, 0) is 0 Å². The van der Waals surface area contributed by atoms with Crippen LogP contribution in [0.3, 0.4) is 0 Å². The summed E-state index contributed by atoms with van der Waals surface area (Å²) < 4.78 is 0. The Morgan fingerprint density at radius 3 is 2.47 bits per heavy atom. The smallest absolute Gasteiger partial charge is 0.0343 e. The minimum Gasteiger partial charge on any atom is -0.399 e. The largest absolute Gasteiger partial charge is 0.399 e. The Hall–Kier alpha value is -0.980. The Labute approximate surface area is 105 Å². The number of nitrogens with two attached hydrogens (primary N) is 1. The molecule has 1 aromatic carbocycles. The molecule has 2 N–H and O–H groups in total. The lowest BCUT2D eigenvalue weighted by molar-refractivity contribution is 0.308. The molecule has 1 aliphatic carbocycles. The highest BCUT2D eigenvalue weighted by Gasteiger charge is 2.21. The van der Waals surface area contributed by atoms with Crippen molar-refractivity contribution in [3.63, 3.8) is 0 Å². The van der Waals surface area contributed by atoms with E-state index in [-0.39, 0.29) is 0 Å². The molecule has 1 nitrogen and oxygen atoms in total. The predicted octanol–water partition coefficient (Wildman–Crippen LogP) is 4.65. The van der Waals surface area contributed by atoms with E-state index in [1.54, 1.807) is 0 Å². The number of aryl methyl sites for hydroxylation is 1. The summed E-state index contributed by atoms with van der Waals surface area (Å²) in [6.07, 6.45) is 8.34. The van der Waals surface area contributed by atoms with E-state index in [1.807, 2.05) is 0 Å². The zero-order valence-corrected chi connectivity index (χ0v) is 11.2. The molecule has 0 spiro atoms. The van der Waals surface area contributed by atoms with Gasteiger partial charge in [-0.15, -0.1) is 0 Å². The topological polar surface area (TPSA) is 26.0 Å². The van der Waals surface area contributed by atoms with Crippen molar-refractivity contribution in [3.8, 4) is 0 Å². The molecular formula is C16H25N. The van der Waals surface area contributed by atoms with E-state index in [1.165, 1.54) is 49.7 Å². The normalized spacial score (nSPS) is 24.8. The Balaban J connectivity index is 1.98. The summed E-state index contributed by atoms with van der Waals surface area (Å²) in [5.41, 5.74) is 9.54. The molecule has 0 radical (unpaired) electrons. The van der Waals surface area contributed by atoms with E-state index in [2.05, 4.69) is 32.0 Å². The van der Waals surface area contributed by atoms with Gasteiger partial charge in [-0.25, -0.2) is 0 Å². The Kier molecular flexibility index (Phi) is 4.09. The van der Waals surface area contributed by atoms with Gasteiger partial charge < -0.3 is 5.73 Å². The van der Waals surface area contributed by atoms with Crippen LogP contribution >= 0.6 is 0 Å². The average Bonchev–Trinajstić information content (AvgIpc) is 2.34. The lowest BCUT2D eigenvalue weighted by atomic mass is 9.77. The van der Waals surface area contributed by atoms with Crippen molar-refractivity contribution in [2.45, 2.75) is 58.3 Å². The second-order valence-corrected chi connectivity index (χ2v) is 5.62. The third-order valence-corrected chi connectivity index (χ3v) is 4.31. The van der Waals surface area contributed by atoms with Crippen LogP contribution in [0.4, 0.5) is 5.69 Å². The first-order valence-corrected chi connectivity index (χ1v) is 7.06. The van der Waals surface area contributed by atoms with Crippen LogP contribution in [-0.4, -0.2) is 0 Å². The fourth-order valence-corrected chi connectivity index (χ4v) is 3.15. The van der Waals surface area contributed by atoms with Crippen molar-refractivity contribution in [3.05, 3.63) is 29.3 Å². The molecule has 0 bridgehead atoms. The van der Waals surface area contributed by atoms with E-state index in [9.17, 15) is 0 Å².